The molecule has 29 heavy (non-hydrogen) atoms. The van der Waals surface area contributed by atoms with Gasteiger partial charge in [-0.2, -0.15) is 0 Å². The molecule has 10 heteroatoms. The number of methoxy groups -OCH3 is 1. The van der Waals surface area contributed by atoms with Crippen LogP contribution in [0.5, 0.6) is 5.75 Å². The van der Waals surface area contributed by atoms with Crippen LogP contribution in [0.2, 0.25) is 0 Å². The minimum atomic E-state index is -2.23. The maximum atomic E-state index is 14.6. The summed E-state index contributed by atoms with van der Waals surface area (Å²) < 4.78 is 118. The van der Waals surface area contributed by atoms with E-state index in [1.807, 2.05) is 0 Å². The van der Waals surface area contributed by atoms with Crippen molar-refractivity contribution in [3.8, 4) is 5.75 Å². The van der Waals surface area contributed by atoms with E-state index in [0.717, 1.165) is 7.11 Å². The molecule has 3 aromatic carbocycles. The second kappa shape index (κ2) is 7.77. The van der Waals surface area contributed by atoms with E-state index >= 15 is 0 Å². The molecule has 150 valence electrons. The second-order valence-corrected chi connectivity index (χ2v) is 6.00. The number of hydrogen-bond donors (Lipinski definition) is 0. The predicted octanol–water partition coefficient (Wildman–Crippen LogP) is 3.32. The molecule has 0 N–H and O–H groups in total. The average Bonchev–Trinajstić information content (AvgIpc) is 2.58. The molecule has 0 aliphatic carbocycles. The summed E-state index contributed by atoms with van der Waals surface area (Å²) in [5, 5.41) is 0. The van der Waals surface area contributed by atoms with Gasteiger partial charge in [-0.1, -0.05) is 0 Å². The monoisotopic (exact) mass is 416 g/mol. The average molecular weight is 416 g/mol. The van der Waals surface area contributed by atoms with Crippen molar-refractivity contribution < 1.29 is 39.9 Å². The van der Waals surface area contributed by atoms with Crippen LogP contribution in [0, 0.1) is 46.5 Å². The van der Waals surface area contributed by atoms with Crippen molar-refractivity contribution in [1.82, 2.24) is 0 Å². The highest BCUT2D eigenvalue weighted by Crippen LogP contribution is 2.18. The zero-order valence-electron chi connectivity index (χ0n) is 14.5. The third-order valence-electron chi connectivity index (χ3n) is 4.23. The fraction of sp³-hybridized carbons (Fsp3) is 0.0526. The first-order valence-electron chi connectivity index (χ1n) is 7.95. The molecule has 0 heterocycles. The Labute approximate surface area is 159 Å². The van der Waals surface area contributed by atoms with Crippen molar-refractivity contribution in [1.29, 1.82) is 0 Å². The van der Waals surface area contributed by atoms with Crippen molar-refractivity contribution in [3.63, 3.8) is 0 Å². The molecular weight excluding hydrogens is 407 g/mol. The first-order valence-corrected chi connectivity index (χ1v) is 7.95. The van der Waals surface area contributed by atoms with Crippen molar-refractivity contribution in [2.45, 2.75) is 0 Å². The molecule has 0 radical (unpaired) electrons. The number of hydrogen-bond acceptors (Lipinski definition) is 1. The van der Waals surface area contributed by atoms with Crippen molar-refractivity contribution in [2.24, 2.45) is 0 Å². The lowest BCUT2D eigenvalue weighted by Gasteiger charge is -2.21. The maximum Gasteiger partial charge on any atom is 0.265 e. The van der Waals surface area contributed by atoms with Crippen LogP contribution in [0.4, 0.5) is 35.1 Å². The molecule has 0 aliphatic rings. The highest BCUT2D eigenvalue weighted by Gasteiger charge is 2.38. The van der Waals surface area contributed by atoms with Gasteiger partial charge in [-0.3, -0.25) is 0 Å². The highest BCUT2D eigenvalue weighted by molar-refractivity contribution is 6.96. The molecule has 0 amide bonds. The van der Waals surface area contributed by atoms with E-state index in [2.05, 4.69) is 0 Å². The van der Waals surface area contributed by atoms with Crippen LogP contribution in [0.25, 0.3) is 0 Å². The SMILES string of the molecule is COc1cc(F)cc(F)c1B(c1c(F)cc(F)cc1F)c1c(F)cc(F)cc1F. The molecule has 0 bridgehead atoms. The Balaban J connectivity index is 2.47. The van der Waals surface area contributed by atoms with Crippen molar-refractivity contribution in [2.75, 3.05) is 7.11 Å². The van der Waals surface area contributed by atoms with Gasteiger partial charge in [0.05, 0.1) is 7.11 Å². The normalized spacial score (nSPS) is 10.9. The number of benzene rings is 3. The smallest absolute Gasteiger partial charge is 0.265 e. The third kappa shape index (κ3) is 3.79. The molecule has 0 unspecified atom stereocenters. The summed E-state index contributed by atoms with van der Waals surface area (Å²) in [6, 6.07) is 1.82. The Bertz CT molecular complexity index is 998. The minimum Gasteiger partial charge on any atom is -0.497 e. The van der Waals surface area contributed by atoms with Gasteiger partial charge in [0.25, 0.3) is 6.71 Å². The van der Waals surface area contributed by atoms with Gasteiger partial charge >= 0.3 is 0 Å². The van der Waals surface area contributed by atoms with Gasteiger partial charge in [-0.05, 0) is 0 Å². The highest BCUT2D eigenvalue weighted by atomic mass is 19.2. The molecule has 0 aromatic heterocycles. The van der Waals surface area contributed by atoms with Gasteiger partial charge in [0.15, 0.2) is 0 Å². The Kier molecular flexibility index (Phi) is 5.54. The van der Waals surface area contributed by atoms with Crippen LogP contribution in [0.3, 0.4) is 0 Å². The van der Waals surface area contributed by atoms with E-state index < -0.39 is 75.4 Å². The maximum absolute atomic E-state index is 14.6. The van der Waals surface area contributed by atoms with Crippen LogP contribution in [0.15, 0.2) is 36.4 Å². The quantitative estimate of drug-likeness (QED) is 0.469. The lowest BCUT2D eigenvalue weighted by molar-refractivity contribution is 0.411. The fourth-order valence-corrected chi connectivity index (χ4v) is 3.10. The Morgan fingerprint density at radius 1 is 0.517 bits per heavy atom. The standard InChI is InChI=1S/C19H9BF8O/c1-29-16-7-10(23)6-15(28)19(16)20(17-11(24)2-8(21)3-12(17)25)18-13(26)4-9(22)5-14(18)27/h2-7H,1H3. The molecule has 0 saturated carbocycles. The largest absolute Gasteiger partial charge is 0.497 e. The van der Waals surface area contributed by atoms with Gasteiger partial charge in [0.2, 0.25) is 0 Å². The Morgan fingerprint density at radius 3 is 1.17 bits per heavy atom. The Hall–Kier alpha value is -3.04. The Morgan fingerprint density at radius 2 is 0.828 bits per heavy atom. The zero-order chi connectivity index (χ0) is 21.5. The minimum absolute atomic E-state index is 0.221. The van der Waals surface area contributed by atoms with Crippen LogP contribution >= 0.6 is 0 Å². The van der Waals surface area contributed by atoms with E-state index in [4.69, 9.17) is 4.74 Å². The van der Waals surface area contributed by atoms with Gasteiger partial charge < -0.3 is 4.74 Å². The lowest BCUT2D eigenvalue weighted by Crippen LogP contribution is -2.58. The van der Waals surface area contributed by atoms with Crippen molar-refractivity contribution in [3.05, 3.63) is 82.9 Å². The van der Waals surface area contributed by atoms with Crippen LogP contribution in [0.1, 0.15) is 0 Å². The first-order chi connectivity index (χ1) is 13.6. The second-order valence-electron chi connectivity index (χ2n) is 6.00. The summed E-state index contributed by atoms with van der Waals surface area (Å²) in [5.74, 6) is -12.3. The molecular formula is C19H9BF8O. The third-order valence-corrected chi connectivity index (χ3v) is 4.23. The first kappa shape index (κ1) is 20.7. The van der Waals surface area contributed by atoms with Crippen LogP contribution in [-0.4, -0.2) is 13.8 Å². The number of ether oxygens (including phenoxy) is 1. The van der Waals surface area contributed by atoms with E-state index in [9.17, 15) is 35.1 Å². The molecule has 1 nitrogen and oxygen atoms in total. The van der Waals surface area contributed by atoms with Gasteiger partial charge in [0, 0.05) is 52.8 Å². The molecule has 0 saturated heterocycles. The molecule has 0 atom stereocenters. The van der Waals surface area contributed by atoms with Gasteiger partial charge in [-0.25, -0.2) is 35.1 Å². The lowest BCUT2D eigenvalue weighted by atomic mass is 9.36. The van der Waals surface area contributed by atoms with Crippen LogP contribution in [-0.2, 0) is 0 Å². The van der Waals surface area contributed by atoms with Gasteiger partial charge in [-0.15, -0.1) is 0 Å². The summed E-state index contributed by atoms with van der Waals surface area (Å²) >= 11 is 0. The van der Waals surface area contributed by atoms with E-state index in [1.165, 1.54) is 0 Å². The molecule has 0 fully saturated rings. The van der Waals surface area contributed by atoms with Crippen LogP contribution < -0.4 is 21.1 Å². The van der Waals surface area contributed by atoms with E-state index in [-0.39, 0.29) is 24.3 Å². The molecule has 3 aromatic rings. The number of rotatable bonds is 4. The predicted molar refractivity (Wildman–Crippen MR) is 90.2 cm³/mol. The summed E-state index contributed by atoms with van der Waals surface area (Å²) in [4.78, 5) is 0. The summed E-state index contributed by atoms with van der Waals surface area (Å²) in [7, 11) is 0.962. The molecule has 3 rings (SSSR count). The number of halogens is 8. The van der Waals surface area contributed by atoms with Crippen molar-refractivity contribution >= 4 is 23.1 Å². The molecule has 0 spiro atoms. The zero-order valence-corrected chi connectivity index (χ0v) is 14.5. The summed E-state index contributed by atoms with van der Waals surface area (Å²) in [6.45, 7) is -2.23. The summed E-state index contributed by atoms with van der Waals surface area (Å²) in [5.41, 5.74) is -3.11. The summed E-state index contributed by atoms with van der Waals surface area (Å²) in [6.07, 6.45) is 0. The van der Waals surface area contributed by atoms with Gasteiger partial charge in [0.1, 0.15) is 52.3 Å². The van der Waals surface area contributed by atoms with E-state index in [1.54, 1.807) is 0 Å². The topological polar surface area (TPSA) is 9.23 Å². The van der Waals surface area contributed by atoms with E-state index in [0.29, 0.717) is 12.1 Å². The fourth-order valence-electron chi connectivity index (χ4n) is 3.10. The molecule has 0 aliphatic heterocycles.